The fourth-order valence-electron chi connectivity index (χ4n) is 4.39. The van der Waals surface area contributed by atoms with E-state index in [1.165, 1.54) is 18.4 Å². The van der Waals surface area contributed by atoms with Gasteiger partial charge < -0.3 is 9.84 Å². The summed E-state index contributed by atoms with van der Waals surface area (Å²) in [6, 6.07) is 0. The molecule has 2 fully saturated rings. The maximum Gasteiger partial charge on any atom is 0.225 e. The van der Waals surface area contributed by atoms with Gasteiger partial charge in [0.15, 0.2) is 5.82 Å². The smallest absolute Gasteiger partial charge is 0.225 e. The third-order valence-electron chi connectivity index (χ3n) is 5.98. The molecule has 1 N–H and O–H groups in total. The van der Waals surface area contributed by atoms with Crippen LogP contribution in [-0.4, -0.2) is 16.0 Å². The number of aromatic nitrogens is 2. The van der Waals surface area contributed by atoms with Gasteiger partial charge in [0.05, 0.1) is 5.92 Å². The van der Waals surface area contributed by atoms with E-state index in [2.05, 4.69) is 49.2 Å². The van der Waals surface area contributed by atoms with Gasteiger partial charge in [0.25, 0.3) is 0 Å². The van der Waals surface area contributed by atoms with Gasteiger partial charge in [-0.25, -0.2) is 0 Å². The highest BCUT2D eigenvalue weighted by Crippen LogP contribution is 2.59. The Bertz CT molecular complexity index is 662. The van der Waals surface area contributed by atoms with Gasteiger partial charge in [0.1, 0.15) is 5.54 Å². The molecule has 5 nitrogen and oxygen atoms in total. The molecule has 0 aromatic carbocycles. The topological polar surface area (TPSA) is 68.0 Å². The van der Waals surface area contributed by atoms with Gasteiger partial charge in [0, 0.05) is 6.92 Å². The van der Waals surface area contributed by atoms with E-state index in [1.807, 2.05) is 0 Å². The van der Waals surface area contributed by atoms with Crippen LogP contribution in [0.2, 0.25) is 0 Å². The summed E-state index contributed by atoms with van der Waals surface area (Å²) >= 11 is 0. The second-order valence-corrected chi connectivity index (χ2v) is 8.69. The molecule has 0 aliphatic heterocycles. The third kappa shape index (κ3) is 3.51. The van der Waals surface area contributed by atoms with E-state index < -0.39 is 5.54 Å². The van der Waals surface area contributed by atoms with E-state index in [0.717, 1.165) is 25.7 Å². The van der Waals surface area contributed by atoms with E-state index in [1.54, 1.807) is 6.92 Å². The summed E-state index contributed by atoms with van der Waals surface area (Å²) in [4.78, 5) is 17.6. The van der Waals surface area contributed by atoms with Gasteiger partial charge in [-0.05, 0) is 38.0 Å². The summed E-state index contributed by atoms with van der Waals surface area (Å²) in [6.07, 6.45) is 8.57. The van der Waals surface area contributed by atoms with Crippen molar-refractivity contribution in [3.05, 3.63) is 23.4 Å². The zero-order valence-corrected chi connectivity index (χ0v) is 16.2. The van der Waals surface area contributed by atoms with Crippen molar-refractivity contribution in [3.63, 3.8) is 0 Å². The quantitative estimate of drug-likeness (QED) is 0.653. The van der Waals surface area contributed by atoms with Crippen molar-refractivity contribution in [3.8, 4) is 0 Å². The van der Waals surface area contributed by atoms with Crippen LogP contribution in [0.4, 0.5) is 0 Å². The maximum absolute atomic E-state index is 13.2. The Labute approximate surface area is 150 Å². The van der Waals surface area contributed by atoms with E-state index in [0.29, 0.717) is 17.6 Å². The normalized spacial score (nSPS) is 27.2. The molecule has 1 aromatic heterocycles. The molecular weight excluding hydrogens is 314 g/mol. The minimum atomic E-state index is -0.473. The molecule has 0 unspecified atom stereocenters. The van der Waals surface area contributed by atoms with Crippen molar-refractivity contribution in [2.75, 3.05) is 0 Å². The minimum absolute atomic E-state index is 0.0143. The van der Waals surface area contributed by atoms with Crippen LogP contribution < -0.4 is 5.32 Å². The molecule has 2 aliphatic carbocycles. The molecule has 1 heterocycles. The average Bonchev–Trinajstić information content (AvgIpc) is 2.90. The molecule has 2 saturated carbocycles. The first kappa shape index (κ1) is 18.2. The van der Waals surface area contributed by atoms with Crippen LogP contribution >= 0.6 is 0 Å². The zero-order chi connectivity index (χ0) is 18.2. The first-order chi connectivity index (χ1) is 11.8. The molecule has 5 heteroatoms. The van der Waals surface area contributed by atoms with Crippen molar-refractivity contribution >= 4 is 5.91 Å². The molecule has 0 radical (unpaired) electrons. The standard InChI is InChI=1S/C20H31N3O2/c1-13(2)12-15-16(19(15,4)5)17(24)22-20(10-8-6-7-9-11-20)18-21-14(3)25-23-18/h12,15-16H,6-11H2,1-5H3,(H,22,24)/t15-,16+/m0/s1. The lowest BCUT2D eigenvalue weighted by molar-refractivity contribution is -0.125. The predicted molar refractivity (Wildman–Crippen MR) is 96.7 cm³/mol. The molecule has 0 bridgehead atoms. The van der Waals surface area contributed by atoms with Crippen LogP contribution in [0, 0.1) is 24.2 Å². The van der Waals surface area contributed by atoms with E-state index in [-0.39, 0.29) is 17.2 Å². The van der Waals surface area contributed by atoms with Gasteiger partial charge >= 0.3 is 0 Å². The van der Waals surface area contributed by atoms with Crippen LogP contribution in [0.5, 0.6) is 0 Å². The Morgan fingerprint density at radius 3 is 2.36 bits per heavy atom. The summed E-state index contributed by atoms with van der Waals surface area (Å²) in [5.74, 6) is 1.68. The lowest BCUT2D eigenvalue weighted by Crippen LogP contribution is -2.47. The molecule has 1 aromatic rings. The fourth-order valence-corrected chi connectivity index (χ4v) is 4.39. The largest absolute Gasteiger partial charge is 0.343 e. The summed E-state index contributed by atoms with van der Waals surface area (Å²) in [5, 5.41) is 7.55. The predicted octanol–water partition coefficient (Wildman–Crippen LogP) is 4.28. The van der Waals surface area contributed by atoms with Crippen molar-refractivity contribution < 1.29 is 9.32 Å². The second kappa shape index (κ2) is 6.58. The Balaban J connectivity index is 1.84. The number of hydrogen-bond donors (Lipinski definition) is 1. The van der Waals surface area contributed by atoms with Gasteiger partial charge in [-0.2, -0.15) is 4.98 Å². The number of hydrogen-bond acceptors (Lipinski definition) is 4. The van der Waals surface area contributed by atoms with Crippen molar-refractivity contribution in [2.45, 2.75) is 78.7 Å². The zero-order valence-electron chi connectivity index (χ0n) is 16.2. The minimum Gasteiger partial charge on any atom is -0.343 e. The van der Waals surface area contributed by atoms with Gasteiger partial charge in [0.2, 0.25) is 11.8 Å². The number of nitrogens with zero attached hydrogens (tertiary/aromatic N) is 2. The molecule has 2 atom stereocenters. The van der Waals surface area contributed by atoms with E-state index in [4.69, 9.17) is 4.52 Å². The van der Waals surface area contributed by atoms with Crippen molar-refractivity contribution in [1.82, 2.24) is 15.5 Å². The Hall–Kier alpha value is -1.65. The number of rotatable bonds is 4. The molecule has 2 aliphatic rings. The molecule has 3 rings (SSSR count). The van der Waals surface area contributed by atoms with Crippen LogP contribution in [0.1, 0.15) is 77.9 Å². The molecule has 0 spiro atoms. The highest BCUT2D eigenvalue weighted by molar-refractivity contribution is 5.84. The van der Waals surface area contributed by atoms with Gasteiger partial charge in [-0.1, -0.05) is 56.3 Å². The van der Waals surface area contributed by atoms with E-state index in [9.17, 15) is 4.79 Å². The van der Waals surface area contributed by atoms with Crippen molar-refractivity contribution in [1.29, 1.82) is 0 Å². The first-order valence-electron chi connectivity index (χ1n) is 9.54. The highest BCUT2D eigenvalue weighted by Gasteiger charge is 2.61. The van der Waals surface area contributed by atoms with Crippen LogP contribution in [0.15, 0.2) is 16.2 Å². The first-order valence-corrected chi connectivity index (χ1v) is 9.54. The lowest BCUT2D eigenvalue weighted by atomic mass is 9.88. The Kier molecular flexibility index (Phi) is 4.78. The number of carbonyl (C=O) groups excluding carboxylic acids is 1. The van der Waals surface area contributed by atoms with Crippen LogP contribution in [0.25, 0.3) is 0 Å². The molecule has 0 saturated heterocycles. The molecule has 138 valence electrons. The lowest BCUT2D eigenvalue weighted by Gasteiger charge is -2.31. The van der Waals surface area contributed by atoms with Gasteiger partial charge in [-0.3, -0.25) is 4.79 Å². The Morgan fingerprint density at radius 1 is 1.20 bits per heavy atom. The maximum atomic E-state index is 13.2. The number of aryl methyl sites for hydroxylation is 1. The summed E-state index contributed by atoms with van der Waals surface area (Å²) < 4.78 is 5.23. The van der Waals surface area contributed by atoms with Gasteiger partial charge in [-0.15, -0.1) is 0 Å². The number of amides is 1. The third-order valence-corrected chi connectivity index (χ3v) is 5.98. The molecular formula is C20H31N3O2. The fraction of sp³-hybridized carbons (Fsp3) is 0.750. The number of nitrogens with one attached hydrogen (secondary N) is 1. The SMILES string of the molecule is CC(C)=C[C@H]1[C@H](C(=O)NC2(c3noc(C)n3)CCCCCC2)C1(C)C. The molecule has 1 amide bonds. The van der Waals surface area contributed by atoms with Crippen molar-refractivity contribution in [2.24, 2.45) is 17.3 Å². The summed E-state index contributed by atoms with van der Waals surface area (Å²) in [6.45, 7) is 10.4. The summed E-state index contributed by atoms with van der Waals surface area (Å²) in [5.41, 5.74) is 0.811. The summed E-state index contributed by atoms with van der Waals surface area (Å²) in [7, 11) is 0. The highest BCUT2D eigenvalue weighted by atomic mass is 16.5. The van der Waals surface area contributed by atoms with E-state index >= 15 is 0 Å². The van der Waals surface area contributed by atoms with Crippen LogP contribution in [0.3, 0.4) is 0 Å². The number of allylic oxidation sites excluding steroid dienone is 2. The Morgan fingerprint density at radius 2 is 1.84 bits per heavy atom. The molecule has 25 heavy (non-hydrogen) atoms. The average molecular weight is 345 g/mol. The second-order valence-electron chi connectivity index (χ2n) is 8.69. The monoisotopic (exact) mass is 345 g/mol. The number of carbonyl (C=O) groups is 1. The van der Waals surface area contributed by atoms with Crippen LogP contribution in [-0.2, 0) is 10.3 Å².